The fraction of sp³-hybridized carbons (Fsp3) is 0.312. The van der Waals surface area contributed by atoms with Crippen LogP contribution in [0.15, 0.2) is 30.3 Å². The van der Waals surface area contributed by atoms with Crippen molar-refractivity contribution in [3.05, 3.63) is 47.3 Å². The molecule has 1 aromatic heterocycles. The molecule has 22 heavy (non-hydrogen) atoms. The van der Waals surface area contributed by atoms with Crippen LogP contribution in [0.25, 0.3) is 0 Å². The number of nitrogens with zero attached hydrogens (tertiary/aromatic N) is 2. The highest BCUT2D eigenvalue weighted by Gasteiger charge is 2.21. The number of hydrogen-bond donors (Lipinski definition) is 1. The standard InChI is InChI=1S/C16H19N3O3/c1-11-14(15(16(21)22-3)18-19(11)2)17-13(20)10-9-12-7-5-4-6-8-12/h4-8H,9-10H2,1-3H3,(H,17,20). The van der Waals surface area contributed by atoms with Crippen LogP contribution in [0.3, 0.4) is 0 Å². The van der Waals surface area contributed by atoms with Gasteiger partial charge in [0, 0.05) is 13.5 Å². The molecule has 6 heteroatoms. The Hall–Kier alpha value is -2.63. The molecular formula is C16H19N3O3. The molecular weight excluding hydrogens is 282 g/mol. The van der Waals surface area contributed by atoms with E-state index in [9.17, 15) is 9.59 Å². The van der Waals surface area contributed by atoms with Crippen LogP contribution >= 0.6 is 0 Å². The van der Waals surface area contributed by atoms with Crippen molar-refractivity contribution in [2.75, 3.05) is 12.4 Å². The Kier molecular flexibility index (Phi) is 4.93. The van der Waals surface area contributed by atoms with E-state index in [0.29, 0.717) is 24.2 Å². The zero-order valence-corrected chi connectivity index (χ0v) is 12.9. The summed E-state index contributed by atoms with van der Waals surface area (Å²) in [4.78, 5) is 23.8. The van der Waals surface area contributed by atoms with Gasteiger partial charge in [-0.25, -0.2) is 4.79 Å². The minimum atomic E-state index is -0.568. The monoisotopic (exact) mass is 301 g/mol. The minimum absolute atomic E-state index is 0.121. The van der Waals surface area contributed by atoms with Gasteiger partial charge < -0.3 is 10.1 Å². The first-order valence-electron chi connectivity index (χ1n) is 6.98. The van der Waals surface area contributed by atoms with Crippen LogP contribution in [0, 0.1) is 6.92 Å². The number of rotatable bonds is 5. The SMILES string of the molecule is COC(=O)c1nn(C)c(C)c1NC(=O)CCc1ccccc1. The van der Waals surface area contributed by atoms with Crippen molar-refractivity contribution in [1.82, 2.24) is 9.78 Å². The Morgan fingerprint density at radius 1 is 1.27 bits per heavy atom. The van der Waals surface area contributed by atoms with Crippen molar-refractivity contribution < 1.29 is 14.3 Å². The number of benzene rings is 1. The predicted octanol–water partition coefficient (Wildman–Crippen LogP) is 2.09. The number of anilines is 1. The lowest BCUT2D eigenvalue weighted by atomic mass is 10.1. The zero-order chi connectivity index (χ0) is 16.1. The van der Waals surface area contributed by atoms with E-state index in [0.717, 1.165) is 5.56 Å². The lowest BCUT2D eigenvalue weighted by molar-refractivity contribution is -0.116. The van der Waals surface area contributed by atoms with Gasteiger partial charge in [0.2, 0.25) is 5.91 Å². The van der Waals surface area contributed by atoms with Crippen molar-refractivity contribution in [1.29, 1.82) is 0 Å². The van der Waals surface area contributed by atoms with Gasteiger partial charge in [-0.1, -0.05) is 30.3 Å². The number of aryl methyl sites for hydroxylation is 2. The molecule has 0 atom stereocenters. The average Bonchev–Trinajstić information content (AvgIpc) is 2.81. The molecule has 2 rings (SSSR count). The molecule has 0 saturated carbocycles. The molecule has 0 aliphatic rings. The summed E-state index contributed by atoms with van der Waals surface area (Å²) in [7, 11) is 2.99. The fourth-order valence-electron chi connectivity index (χ4n) is 2.10. The zero-order valence-electron chi connectivity index (χ0n) is 12.9. The van der Waals surface area contributed by atoms with Crippen LogP contribution in [0.2, 0.25) is 0 Å². The van der Waals surface area contributed by atoms with Crippen LogP contribution in [0.5, 0.6) is 0 Å². The average molecular weight is 301 g/mol. The number of hydrogen-bond acceptors (Lipinski definition) is 4. The summed E-state index contributed by atoms with van der Waals surface area (Å²) in [5, 5.41) is 6.84. The Balaban J connectivity index is 2.07. The summed E-state index contributed by atoms with van der Waals surface area (Å²) >= 11 is 0. The summed E-state index contributed by atoms with van der Waals surface area (Å²) in [6, 6.07) is 9.76. The van der Waals surface area contributed by atoms with Gasteiger partial charge >= 0.3 is 5.97 Å². The van der Waals surface area contributed by atoms with Crippen molar-refractivity contribution >= 4 is 17.6 Å². The second-order valence-corrected chi connectivity index (χ2v) is 4.96. The maximum absolute atomic E-state index is 12.1. The highest BCUT2D eigenvalue weighted by molar-refractivity contribution is 6.00. The Bertz CT molecular complexity index is 677. The molecule has 1 N–H and O–H groups in total. The van der Waals surface area contributed by atoms with Gasteiger partial charge in [-0.15, -0.1) is 0 Å². The Labute approximate surface area is 129 Å². The quantitative estimate of drug-likeness (QED) is 0.858. The first-order chi connectivity index (χ1) is 10.5. The van der Waals surface area contributed by atoms with Crippen molar-refractivity contribution in [2.24, 2.45) is 7.05 Å². The highest BCUT2D eigenvalue weighted by Crippen LogP contribution is 2.20. The van der Waals surface area contributed by atoms with E-state index in [2.05, 4.69) is 10.4 Å². The van der Waals surface area contributed by atoms with Gasteiger partial charge in [0.15, 0.2) is 5.69 Å². The first-order valence-corrected chi connectivity index (χ1v) is 6.98. The van der Waals surface area contributed by atoms with Crippen LogP contribution in [0.1, 0.15) is 28.2 Å². The third-order valence-electron chi connectivity index (χ3n) is 3.46. The van der Waals surface area contributed by atoms with Crippen LogP contribution < -0.4 is 5.32 Å². The third-order valence-corrected chi connectivity index (χ3v) is 3.46. The molecule has 0 spiro atoms. The topological polar surface area (TPSA) is 73.2 Å². The molecule has 116 valence electrons. The Morgan fingerprint density at radius 3 is 2.59 bits per heavy atom. The van der Waals surface area contributed by atoms with Crippen molar-refractivity contribution in [3.8, 4) is 0 Å². The lowest BCUT2D eigenvalue weighted by Gasteiger charge is -2.06. The van der Waals surface area contributed by atoms with E-state index in [-0.39, 0.29) is 11.6 Å². The van der Waals surface area contributed by atoms with E-state index >= 15 is 0 Å². The number of aromatic nitrogens is 2. The van der Waals surface area contributed by atoms with Gasteiger partial charge in [-0.2, -0.15) is 5.10 Å². The fourth-order valence-corrected chi connectivity index (χ4v) is 2.10. The Morgan fingerprint density at radius 2 is 1.95 bits per heavy atom. The number of esters is 1. The number of carbonyl (C=O) groups excluding carboxylic acids is 2. The summed E-state index contributed by atoms with van der Waals surface area (Å²) in [5.41, 5.74) is 2.32. The molecule has 0 fully saturated rings. The van der Waals surface area contributed by atoms with E-state index in [1.54, 1.807) is 18.7 Å². The maximum Gasteiger partial charge on any atom is 0.360 e. The molecule has 0 saturated heterocycles. The van der Waals surface area contributed by atoms with E-state index in [1.165, 1.54) is 7.11 Å². The second kappa shape index (κ2) is 6.89. The van der Waals surface area contributed by atoms with Gasteiger partial charge in [0.1, 0.15) is 0 Å². The maximum atomic E-state index is 12.1. The molecule has 1 aromatic carbocycles. The number of amides is 1. The molecule has 2 aromatic rings. The molecule has 0 unspecified atom stereocenters. The van der Waals surface area contributed by atoms with Gasteiger partial charge in [-0.3, -0.25) is 9.48 Å². The summed E-state index contributed by atoms with van der Waals surface area (Å²) in [5.74, 6) is -0.729. The summed E-state index contributed by atoms with van der Waals surface area (Å²) < 4.78 is 6.23. The molecule has 0 radical (unpaired) electrons. The van der Waals surface area contributed by atoms with Gasteiger partial charge in [0.05, 0.1) is 18.5 Å². The van der Waals surface area contributed by atoms with Gasteiger partial charge in [0.25, 0.3) is 0 Å². The summed E-state index contributed by atoms with van der Waals surface area (Å²) in [6.07, 6.45) is 0.971. The minimum Gasteiger partial charge on any atom is -0.464 e. The summed E-state index contributed by atoms with van der Waals surface area (Å²) in [6.45, 7) is 1.78. The van der Waals surface area contributed by atoms with Crippen molar-refractivity contribution in [3.63, 3.8) is 0 Å². The molecule has 6 nitrogen and oxygen atoms in total. The largest absolute Gasteiger partial charge is 0.464 e. The highest BCUT2D eigenvalue weighted by atomic mass is 16.5. The van der Waals surface area contributed by atoms with Crippen LogP contribution in [-0.2, 0) is 23.0 Å². The number of carbonyl (C=O) groups is 2. The second-order valence-electron chi connectivity index (χ2n) is 4.96. The number of nitrogens with one attached hydrogen (secondary N) is 1. The molecule has 0 bridgehead atoms. The number of ether oxygens (including phenoxy) is 1. The van der Waals surface area contributed by atoms with Crippen LogP contribution in [-0.4, -0.2) is 28.8 Å². The molecule has 1 heterocycles. The normalized spacial score (nSPS) is 10.3. The van der Waals surface area contributed by atoms with E-state index < -0.39 is 5.97 Å². The first kappa shape index (κ1) is 15.8. The smallest absolute Gasteiger partial charge is 0.360 e. The number of methoxy groups -OCH3 is 1. The van der Waals surface area contributed by atoms with Gasteiger partial charge in [-0.05, 0) is 18.9 Å². The molecule has 0 aliphatic carbocycles. The lowest BCUT2D eigenvalue weighted by Crippen LogP contribution is -2.15. The molecule has 0 aliphatic heterocycles. The van der Waals surface area contributed by atoms with Crippen molar-refractivity contribution in [2.45, 2.75) is 19.8 Å². The van der Waals surface area contributed by atoms with E-state index in [4.69, 9.17) is 4.74 Å². The van der Waals surface area contributed by atoms with Crippen LogP contribution in [0.4, 0.5) is 5.69 Å². The van der Waals surface area contributed by atoms with E-state index in [1.807, 2.05) is 30.3 Å². The third kappa shape index (κ3) is 3.52. The molecule has 1 amide bonds. The predicted molar refractivity (Wildman–Crippen MR) is 82.7 cm³/mol.